The second kappa shape index (κ2) is 9.25. The summed E-state index contributed by atoms with van der Waals surface area (Å²) < 4.78 is 87.2. The molecule has 3 nitrogen and oxygen atoms in total. The Hall–Kier alpha value is -3.27. The lowest BCUT2D eigenvalue weighted by atomic mass is 10.1. The molecule has 164 valence electrons. The first-order valence-electron chi connectivity index (χ1n) is 9.03. The first-order chi connectivity index (χ1) is 14.4. The van der Waals surface area contributed by atoms with Crippen LogP contribution in [0.3, 0.4) is 0 Å². The lowest BCUT2D eigenvalue weighted by Crippen LogP contribution is -2.26. The summed E-state index contributed by atoms with van der Waals surface area (Å²) in [6, 6.07) is 9.04. The molecule has 0 amide bonds. The minimum atomic E-state index is -4.69. The molecule has 1 aliphatic rings. The lowest BCUT2D eigenvalue weighted by Gasteiger charge is -2.25. The minimum Gasteiger partial charge on any atom is -0.369 e. The van der Waals surface area contributed by atoms with E-state index in [0.29, 0.717) is 11.8 Å². The average Bonchev–Trinajstić information content (AvgIpc) is 3.12. The molecule has 0 radical (unpaired) electrons. The van der Waals surface area contributed by atoms with Crippen molar-refractivity contribution in [1.82, 2.24) is 0 Å². The van der Waals surface area contributed by atoms with Crippen LogP contribution in [0.15, 0.2) is 36.4 Å². The molecule has 0 aliphatic carbocycles. The summed E-state index contributed by atoms with van der Waals surface area (Å²) in [5.41, 5.74) is -2.44. The van der Waals surface area contributed by atoms with E-state index >= 15 is 0 Å². The molecule has 3 rings (SSSR count). The van der Waals surface area contributed by atoms with Gasteiger partial charge in [0.15, 0.2) is 0 Å². The topological polar surface area (TPSA) is 50.8 Å². The largest absolute Gasteiger partial charge is 0.417 e. The summed E-state index contributed by atoms with van der Waals surface area (Å²) in [4.78, 5) is 1.95. The van der Waals surface area contributed by atoms with Crippen LogP contribution < -0.4 is 4.90 Å². The van der Waals surface area contributed by atoms with Crippen LogP contribution in [0.1, 0.15) is 42.0 Å². The van der Waals surface area contributed by atoms with Crippen LogP contribution in [0, 0.1) is 28.5 Å². The van der Waals surface area contributed by atoms with Gasteiger partial charge in [-0.05, 0) is 56.2 Å². The first-order valence-corrected chi connectivity index (χ1v) is 9.03. The summed E-state index contributed by atoms with van der Waals surface area (Å²) in [6.07, 6.45) is -7.19. The van der Waals surface area contributed by atoms with Crippen LogP contribution in [0.4, 0.5) is 36.4 Å². The maximum atomic E-state index is 12.8. The van der Waals surface area contributed by atoms with E-state index in [1.54, 1.807) is 12.1 Å². The lowest BCUT2D eigenvalue weighted by molar-refractivity contribution is -0.138. The second-order valence-corrected chi connectivity index (χ2v) is 6.82. The molecule has 0 spiro atoms. The van der Waals surface area contributed by atoms with Gasteiger partial charge in [0.25, 0.3) is 0 Å². The Morgan fingerprint density at radius 1 is 0.871 bits per heavy atom. The van der Waals surface area contributed by atoms with Crippen molar-refractivity contribution in [3.8, 4) is 12.1 Å². The van der Waals surface area contributed by atoms with Crippen molar-refractivity contribution < 1.29 is 30.7 Å². The Morgan fingerprint density at radius 2 is 1.39 bits per heavy atom. The number of nitrogens with zero attached hydrogens (tertiary/aromatic N) is 3. The highest BCUT2D eigenvalue weighted by Crippen LogP contribution is 2.36. The monoisotopic (exact) mass is 443 g/mol. The number of alkyl halides is 6. The van der Waals surface area contributed by atoms with Gasteiger partial charge < -0.3 is 4.90 Å². The molecule has 2 aromatic carbocycles. The van der Waals surface area contributed by atoms with E-state index in [4.69, 9.17) is 10.5 Å². The first kappa shape index (κ1) is 24.0. The minimum absolute atomic E-state index is 0.249. The van der Waals surface area contributed by atoms with Crippen LogP contribution in [-0.4, -0.2) is 12.6 Å². The van der Waals surface area contributed by atoms with E-state index < -0.39 is 34.9 Å². The maximum Gasteiger partial charge on any atom is 0.417 e. The zero-order valence-corrected chi connectivity index (χ0v) is 16.2. The van der Waals surface area contributed by atoms with Crippen LogP contribution >= 0.6 is 0 Å². The highest BCUT2D eigenvalue weighted by atomic mass is 19.4. The van der Waals surface area contributed by atoms with Crippen molar-refractivity contribution in [3.05, 3.63) is 64.5 Å². The fourth-order valence-electron chi connectivity index (χ4n) is 3.21. The van der Waals surface area contributed by atoms with Crippen LogP contribution in [0.2, 0.25) is 0 Å². The number of nitriles is 2. The van der Waals surface area contributed by atoms with Crippen LogP contribution in [-0.2, 0) is 12.4 Å². The molecular weight excluding hydrogens is 427 g/mol. The van der Waals surface area contributed by atoms with Crippen LogP contribution in [0.25, 0.3) is 0 Å². The number of hydrogen-bond donors (Lipinski definition) is 0. The summed E-state index contributed by atoms with van der Waals surface area (Å²) in [5, 5.41) is 17.0. The third kappa shape index (κ3) is 5.88. The fourth-order valence-corrected chi connectivity index (χ4v) is 3.21. The molecule has 1 saturated heterocycles. The number of halogens is 7. The van der Waals surface area contributed by atoms with Gasteiger partial charge >= 0.3 is 12.4 Å². The van der Waals surface area contributed by atoms with Crippen molar-refractivity contribution in [2.75, 3.05) is 11.4 Å². The number of benzene rings is 2. The van der Waals surface area contributed by atoms with Gasteiger partial charge in [-0.1, -0.05) is 0 Å². The van der Waals surface area contributed by atoms with Crippen LogP contribution in [0.5, 0.6) is 0 Å². The van der Waals surface area contributed by atoms with E-state index in [0.717, 1.165) is 37.6 Å². The summed E-state index contributed by atoms with van der Waals surface area (Å²) in [6.45, 7) is 2.77. The number of anilines is 1. The van der Waals surface area contributed by atoms with E-state index in [2.05, 4.69) is 0 Å². The van der Waals surface area contributed by atoms with Crippen molar-refractivity contribution in [1.29, 1.82) is 10.5 Å². The van der Waals surface area contributed by atoms with Gasteiger partial charge in [-0.15, -0.1) is 0 Å². The third-order valence-electron chi connectivity index (χ3n) is 4.72. The van der Waals surface area contributed by atoms with Gasteiger partial charge in [0.1, 0.15) is 5.82 Å². The van der Waals surface area contributed by atoms with Gasteiger partial charge in [-0.25, -0.2) is 4.39 Å². The molecule has 1 unspecified atom stereocenters. The highest BCUT2D eigenvalue weighted by Gasteiger charge is 2.35. The maximum absolute atomic E-state index is 12.8. The van der Waals surface area contributed by atoms with Crippen molar-refractivity contribution in [3.63, 3.8) is 0 Å². The molecule has 1 aliphatic heterocycles. The quantitative estimate of drug-likeness (QED) is 0.488. The zero-order chi connectivity index (χ0) is 23.4. The van der Waals surface area contributed by atoms with Gasteiger partial charge in [-0.3, -0.25) is 0 Å². The molecule has 1 heterocycles. The van der Waals surface area contributed by atoms with Gasteiger partial charge in [0.05, 0.1) is 34.4 Å². The molecular formula is C21H16F7N3. The molecule has 0 N–H and O–H groups in total. The molecule has 1 atom stereocenters. The summed E-state index contributed by atoms with van der Waals surface area (Å²) >= 11 is 0. The molecule has 1 fully saturated rings. The highest BCUT2D eigenvalue weighted by molar-refractivity contribution is 5.55. The molecule has 31 heavy (non-hydrogen) atoms. The van der Waals surface area contributed by atoms with Gasteiger partial charge in [-0.2, -0.15) is 36.9 Å². The van der Waals surface area contributed by atoms with Gasteiger partial charge in [0.2, 0.25) is 0 Å². The molecule has 10 heteroatoms. The van der Waals surface area contributed by atoms with E-state index in [1.165, 1.54) is 12.1 Å². The average molecular weight is 443 g/mol. The Bertz CT molecular complexity index is 1010. The van der Waals surface area contributed by atoms with E-state index in [-0.39, 0.29) is 11.6 Å². The predicted molar refractivity (Wildman–Crippen MR) is 98.3 cm³/mol. The normalized spacial score (nSPS) is 16.2. The number of rotatable bonds is 1. The summed E-state index contributed by atoms with van der Waals surface area (Å²) in [7, 11) is 0. The van der Waals surface area contributed by atoms with E-state index in [1.807, 2.05) is 11.8 Å². The molecule has 2 aromatic rings. The Balaban J connectivity index is 0.000000233. The van der Waals surface area contributed by atoms with Crippen molar-refractivity contribution in [2.45, 2.75) is 38.2 Å². The predicted octanol–water partition coefficient (Wildman–Crippen LogP) is 6.28. The summed E-state index contributed by atoms with van der Waals surface area (Å²) in [5.74, 6) is -1.01. The zero-order valence-electron chi connectivity index (χ0n) is 16.2. The van der Waals surface area contributed by atoms with Crippen molar-refractivity contribution in [2.24, 2.45) is 0 Å². The molecule has 0 aromatic heterocycles. The Morgan fingerprint density at radius 3 is 1.84 bits per heavy atom. The second-order valence-electron chi connectivity index (χ2n) is 6.82. The Kier molecular flexibility index (Phi) is 7.17. The SMILES string of the molecule is CC1CCCN1c1ccc(C#N)c(C(F)(F)F)c1.N#Cc1ccc(F)cc1C(F)(F)F. The van der Waals surface area contributed by atoms with E-state index in [9.17, 15) is 30.7 Å². The standard InChI is InChI=1S/C13H13F3N2.C8H3F4N/c1-9-3-2-6-18(9)11-5-4-10(8-17)12(7-11)13(14,15)16;9-6-2-1-5(4-13)7(3-6)8(10,11)12/h4-5,7,9H,2-3,6H2,1H3;1-3H. The molecule has 0 saturated carbocycles. The van der Waals surface area contributed by atoms with Crippen molar-refractivity contribution >= 4 is 5.69 Å². The fraction of sp³-hybridized carbons (Fsp3) is 0.333. The number of hydrogen-bond acceptors (Lipinski definition) is 3. The third-order valence-corrected chi connectivity index (χ3v) is 4.72. The van der Waals surface area contributed by atoms with Gasteiger partial charge in [0, 0.05) is 18.3 Å². The Labute approximate surface area is 173 Å². The molecule has 0 bridgehead atoms. The smallest absolute Gasteiger partial charge is 0.369 e.